The van der Waals surface area contributed by atoms with E-state index in [1.165, 1.54) is 0 Å². The molecule has 0 radical (unpaired) electrons. The Morgan fingerprint density at radius 2 is 1.24 bits per heavy atom. The Balaban J connectivity index is 0.00000588. The second-order valence-corrected chi connectivity index (χ2v) is 9.88. The Morgan fingerprint density at radius 1 is 0.780 bits per heavy atom. The molecule has 3 rings (SSSR count). The van der Waals surface area contributed by atoms with Crippen molar-refractivity contribution in [3.63, 3.8) is 0 Å². The minimum absolute atomic E-state index is 0. The van der Waals surface area contributed by atoms with Crippen molar-refractivity contribution in [2.24, 2.45) is 0 Å². The van der Waals surface area contributed by atoms with Gasteiger partial charge >= 0.3 is 36.9 Å². The first kappa shape index (κ1) is 34.8. The summed E-state index contributed by atoms with van der Waals surface area (Å²) in [6.07, 6.45) is 2.37. The molecule has 0 atom stereocenters. The maximum atomic E-state index is 11.9. The summed E-state index contributed by atoms with van der Waals surface area (Å²) in [5, 5.41) is 34.0. The number of hydrogen-bond donors (Lipinski definition) is 0. The number of carbonyl (C=O) groups is 3. The van der Waals surface area contributed by atoms with Gasteiger partial charge in [-0.3, -0.25) is 29.3 Å². The average Bonchev–Trinajstić information content (AvgIpc) is 2.87. The van der Waals surface area contributed by atoms with Gasteiger partial charge in [0.15, 0.2) is 5.75 Å². The first-order valence-corrected chi connectivity index (χ1v) is 13.3. The van der Waals surface area contributed by atoms with E-state index in [9.17, 15) is 39.3 Å². The summed E-state index contributed by atoms with van der Waals surface area (Å²) < 4.78 is 5.27. The van der Waals surface area contributed by atoms with Gasteiger partial charge in [0.1, 0.15) is 0 Å². The molecule has 0 aliphatic carbocycles. The van der Waals surface area contributed by atoms with Gasteiger partial charge in [-0.05, 0) is 50.3 Å². The number of aromatic nitrogens is 1. The Morgan fingerprint density at radius 3 is 1.73 bits per heavy atom. The zero-order valence-corrected chi connectivity index (χ0v) is 24.6. The number of fused-ring (bicyclic) bond motifs is 2. The minimum atomic E-state index is -1.29. The van der Waals surface area contributed by atoms with E-state index in [1.54, 1.807) is 21.6 Å². The number of aliphatic carboxylic acids is 3. The van der Waals surface area contributed by atoms with Crippen molar-refractivity contribution in [3.8, 4) is 5.75 Å². The van der Waals surface area contributed by atoms with Crippen LogP contribution in [-0.2, 0) is 40.3 Å². The van der Waals surface area contributed by atoms with E-state index >= 15 is 0 Å². The van der Waals surface area contributed by atoms with E-state index in [1.807, 2.05) is 12.1 Å². The zero-order chi connectivity index (χ0) is 29.2. The standard InChI is InChI=1S/C27H36N4O9.Tm/c1-2-40-27-21(25(38)26(27)39)6-4-3-5-18-11-19-13-30(16-23(34)35)9-7-29(15-22(32)33)8-10-31(17-24(36)37)14-20(12-18)28-19;/h11-12H,2-10,13-17H2,1H3,(H,32,33)(H,34,35)(H,36,37);/q;+3/p-3. The smallest absolute Gasteiger partial charge is 0.549 e. The van der Waals surface area contributed by atoms with E-state index in [2.05, 4.69) is 4.98 Å². The molecule has 2 aromatic rings. The zero-order valence-electron chi connectivity index (χ0n) is 22.8. The van der Waals surface area contributed by atoms with Crippen molar-refractivity contribution >= 4 is 17.9 Å². The maximum Gasteiger partial charge on any atom is 3.00 e. The molecule has 13 nitrogen and oxygen atoms in total. The van der Waals surface area contributed by atoms with E-state index in [4.69, 9.17) is 4.74 Å². The molecule has 0 amide bonds. The summed E-state index contributed by atoms with van der Waals surface area (Å²) in [4.78, 5) is 67.0. The van der Waals surface area contributed by atoms with Crippen molar-refractivity contribution < 1.29 is 71.3 Å². The molecule has 41 heavy (non-hydrogen) atoms. The van der Waals surface area contributed by atoms with Crippen LogP contribution in [0.15, 0.2) is 21.7 Å². The second kappa shape index (κ2) is 16.9. The molecule has 0 saturated carbocycles. The summed E-state index contributed by atoms with van der Waals surface area (Å²) in [5.41, 5.74) is 1.40. The molecule has 1 aromatic heterocycles. The normalized spacial score (nSPS) is 15.4. The quantitative estimate of drug-likeness (QED) is 0.143. The predicted molar refractivity (Wildman–Crippen MR) is 135 cm³/mol. The van der Waals surface area contributed by atoms with Crippen molar-refractivity contribution in [1.29, 1.82) is 0 Å². The van der Waals surface area contributed by atoms with Crippen LogP contribution in [0, 0.1) is 36.9 Å². The number of carboxylic acid groups (broad SMARTS) is 3. The van der Waals surface area contributed by atoms with Crippen LogP contribution in [0.3, 0.4) is 0 Å². The fourth-order valence-corrected chi connectivity index (χ4v) is 4.87. The van der Waals surface area contributed by atoms with Crippen molar-refractivity contribution in [2.45, 2.75) is 45.7 Å². The molecular weight excluding hydrogens is 693 g/mol. The molecule has 2 heterocycles. The molecule has 0 unspecified atom stereocenters. The van der Waals surface area contributed by atoms with Crippen LogP contribution in [0.4, 0.5) is 0 Å². The Kier molecular flexibility index (Phi) is 14.3. The number of carboxylic acids is 3. The maximum absolute atomic E-state index is 11.9. The van der Waals surface area contributed by atoms with Gasteiger partial charge in [-0.1, -0.05) is 0 Å². The number of ether oxygens (including phenoxy) is 1. The molecule has 0 fully saturated rings. The Labute approximate surface area is 266 Å². The van der Waals surface area contributed by atoms with Gasteiger partial charge in [0, 0.05) is 64.5 Å². The molecule has 228 valence electrons. The number of hydrogen-bond acceptors (Lipinski definition) is 13. The van der Waals surface area contributed by atoms with E-state index in [-0.39, 0.29) is 102 Å². The number of aryl methyl sites for hydroxylation is 1. The number of rotatable bonds is 13. The third kappa shape index (κ3) is 11.0. The summed E-state index contributed by atoms with van der Waals surface area (Å²) in [7, 11) is 0. The molecule has 1 aromatic carbocycles. The van der Waals surface area contributed by atoms with Crippen molar-refractivity contribution in [3.05, 3.63) is 55.1 Å². The van der Waals surface area contributed by atoms with Crippen molar-refractivity contribution in [2.75, 3.05) is 52.4 Å². The number of nitrogens with zero attached hydrogens (tertiary/aromatic N) is 4. The van der Waals surface area contributed by atoms with Crippen LogP contribution < -0.4 is 30.9 Å². The van der Waals surface area contributed by atoms with E-state index in [0.29, 0.717) is 49.2 Å². The molecule has 0 N–H and O–H groups in total. The van der Waals surface area contributed by atoms with Crippen LogP contribution in [0.2, 0.25) is 0 Å². The topological polar surface area (TPSA) is 186 Å². The number of unbranched alkanes of at least 4 members (excludes halogenated alkanes) is 1. The van der Waals surface area contributed by atoms with Crippen molar-refractivity contribution in [1.82, 2.24) is 19.7 Å². The van der Waals surface area contributed by atoms with Crippen LogP contribution >= 0.6 is 0 Å². The summed E-state index contributed by atoms with van der Waals surface area (Å²) in [6.45, 7) is 2.11. The summed E-state index contributed by atoms with van der Waals surface area (Å²) in [6, 6.07) is 3.70. The van der Waals surface area contributed by atoms with Crippen LogP contribution in [0.1, 0.15) is 42.3 Å². The van der Waals surface area contributed by atoms with Gasteiger partial charge < -0.3 is 34.4 Å². The van der Waals surface area contributed by atoms with Gasteiger partial charge in [0.2, 0.25) is 5.43 Å². The first-order chi connectivity index (χ1) is 19.0. The van der Waals surface area contributed by atoms with Gasteiger partial charge in [-0.2, -0.15) is 0 Å². The monoisotopic (exact) mass is 726 g/mol. The molecule has 0 saturated heterocycles. The third-order valence-electron chi connectivity index (χ3n) is 6.68. The van der Waals surface area contributed by atoms with Gasteiger partial charge in [-0.15, -0.1) is 0 Å². The van der Waals surface area contributed by atoms with Crippen LogP contribution in [0.25, 0.3) is 0 Å². The van der Waals surface area contributed by atoms with Gasteiger partial charge in [-0.25, -0.2) is 0 Å². The fraction of sp³-hybridized carbons (Fsp3) is 0.556. The summed E-state index contributed by atoms with van der Waals surface area (Å²) in [5.74, 6) is -3.69. The molecule has 14 heteroatoms. The number of pyridine rings is 1. The van der Waals surface area contributed by atoms with Crippen LogP contribution in [-0.4, -0.2) is 90.0 Å². The Hall–Kier alpha value is -2.45. The Bertz CT molecular complexity index is 1230. The predicted octanol–water partition coefficient (Wildman–Crippen LogP) is -4.19. The molecule has 1 aliphatic rings. The van der Waals surface area contributed by atoms with Gasteiger partial charge in [0.25, 0.3) is 5.43 Å². The van der Waals surface area contributed by atoms with E-state index < -0.39 is 28.8 Å². The number of carbonyl (C=O) groups excluding carboxylic acids is 3. The largest absolute Gasteiger partial charge is 3.00 e. The average molecular weight is 727 g/mol. The third-order valence-corrected chi connectivity index (χ3v) is 6.68. The second-order valence-electron chi connectivity index (χ2n) is 9.88. The first-order valence-electron chi connectivity index (χ1n) is 13.3. The summed E-state index contributed by atoms with van der Waals surface area (Å²) >= 11 is 0. The minimum Gasteiger partial charge on any atom is -0.549 e. The molecule has 0 spiro atoms. The van der Waals surface area contributed by atoms with Gasteiger partial charge in [0.05, 0.1) is 35.9 Å². The molecule has 2 bridgehead atoms. The fourth-order valence-electron chi connectivity index (χ4n) is 4.87. The molecular formula is C27H33N4O9Tm. The SMILES string of the molecule is CCOc1c(CCCCc2cc3nc(c2)CN(CC(=O)[O-])CCN(CC(=O)[O-])CCN(CC(=O)[O-])C3)c(=O)c1=O.[Tm+3]. The van der Waals surface area contributed by atoms with E-state index in [0.717, 1.165) is 5.56 Å². The van der Waals surface area contributed by atoms with Crippen LogP contribution in [0.5, 0.6) is 5.75 Å². The molecule has 1 aliphatic heterocycles.